The Hall–Kier alpha value is -5.16. The second kappa shape index (κ2) is 6.83. The zero-order valence-corrected chi connectivity index (χ0v) is 20.9. The fourth-order valence-corrected chi connectivity index (χ4v) is 7.29. The molecule has 5 aromatic carbocycles. The van der Waals surface area contributed by atoms with Gasteiger partial charge in [0.1, 0.15) is 17.1 Å². The van der Waals surface area contributed by atoms with E-state index < -0.39 is 0 Å². The molecule has 3 aromatic heterocycles. The van der Waals surface area contributed by atoms with Gasteiger partial charge < -0.3 is 9.30 Å². The summed E-state index contributed by atoms with van der Waals surface area (Å²) in [7, 11) is 0. The van der Waals surface area contributed by atoms with Gasteiger partial charge in [-0.05, 0) is 64.9 Å². The minimum absolute atomic E-state index is 0.0530. The van der Waals surface area contributed by atoms with Crippen LogP contribution in [0.3, 0.4) is 0 Å². The third-order valence-corrected chi connectivity index (χ3v) is 8.68. The summed E-state index contributed by atoms with van der Waals surface area (Å²) in [5.41, 5.74) is 13.5. The predicted octanol–water partition coefficient (Wildman–Crippen LogP) is 5.92. The third-order valence-electron chi connectivity index (χ3n) is 8.68. The van der Waals surface area contributed by atoms with Crippen molar-refractivity contribution in [3.8, 4) is 22.9 Å². The van der Waals surface area contributed by atoms with E-state index in [0.717, 1.165) is 11.5 Å². The molecule has 0 radical (unpaired) electrons. The number of fused-ring (bicyclic) bond motifs is 12. The molecule has 0 bridgehead atoms. The molecule has 2 aliphatic heterocycles. The summed E-state index contributed by atoms with van der Waals surface area (Å²) in [6, 6.07) is 43.4. The standard InChI is InChI=1S/C34H20BN3O/c1-2-11-21(12-3-1)36-24-15-6-4-13-22(24)32-33(36)31-34-37(25-16-7-8-17-26(25)38(32)34)27-18-10-20-29-30(27)35(31)23-14-5-9-19-28(23)39-29/h1-20H. The minimum Gasteiger partial charge on any atom is -0.458 e. The molecule has 180 valence electrons. The van der Waals surface area contributed by atoms with Crippen LogP contribution in [0.25, 0.3) is 50.0 Å². The first kappa shape index (κ1) is 19.9. The van der Waals surface area contributed by atoms with Crippen molar-refractivity contribution in [1.29, 1.82) is 0 Å². The molecular formula is C34H20BN3O. The molecule has 0 N–H and O–H groups in total. The number of imidazole rings is 1. The maximum Gasteiger partial charge on any atom is 0.261 e. The van der Waals surface area contributed by atoms with Crippen LogP contribution in [0.15, 0.2) is 121 Å². The lowest BCUT2D eigenvalue weighted by atomic mass is 9.35. The van der Waals surface area contributed by atoms with Crippen LogP contribution >= 0.6 is 0 Å². The molecule has 2 aliphatic rings. The van der Waals surface area contributed by atoms with E-state index in [1.165, 1.54) is 66.4 Å². The number of nitrogens with zero attached hydrogens (tertiary/aromatic N) is 3. The summed E-state index contributed by atoms with van der Waals surface area (Å²) in [5.74, 6) is 1.88. The molecule has 10 rings (SSSR count). The zero-order valence-electron chi connectivity index (χ0n) is 20.9. The van der Waals surface area contributed by atoms with Crippen molar-refractivity contribution >= 4 is 61.7 Å². The fourth-order valence-electron chi connectivity index (χ4n) is 7.29. The highest BCUT2D eigenvalue weighted by atomic mass is 16.5. The zero-order chi connectivity index (χ0) is 25.2. The minimum atomic E-state index is 0.0530. The van der Waals surface area contributed by atoms with Crippen LogP contribution in [0, 0.1) is 0 Å². The molecule has 5 heterocycles. The van der Waals surface area contributed by atoms with Gasteiger partial charge >= 0.3 is 0 Å². The Morgan fingerprint density at radius 1 is 0.513 bits per heavy atom. The number of rotatable bonds is 1. The average Bonchev–Trinajstić information content (AvgIpc) is 3.62. The van der Waals surface area contributed by atoms with E-state index in [2.05, 4.69) is 135 Å². The highest BCUT2D eigenvalue weighted by Crippen LogP contribution is 2.41. The van der Waals surface area contributed by atoms with Crippen molar-refractivity contribution in [2.45, 2.75) is 0 Å². The predicted molar refractivity (Wildman–Crippen MR) is 160 cm³/mol. The molecule has 8 aromatic rings. The smallest absolute Gasteiger partial charge is 0.261 e. The van der Waals surface area contributed by atoms with Crippen molar-refractivity contribution in [3.63, 3.8) is 0 Å². The van der Waals surface area contributed by atoms with E-state index in [9.17, 15) is 0 Å². The number of hydrogen-bond donors (Lipinski definition) is 0. The van der Waals surface area contributed by atoms with E-state index in [-0.39, 0.29) is 6.71 Å². The molecule has 5 heteroatoms. The lowest BCUT2D eigenvalue weighted by Gasteiger charge is -2.32. The molecule has 0 unspecified atom stereocenters. The monoisotopic (exact) mass is 497 g/mol. The number of hydrogen-bond acceptors (Lipinski definition) is 1. The van der Waals surface area contributed by atoms with Gasteiger partial charge in [0.25, 0.3) is 6.71 Å². The largest absolute Gasteiger partial charge is 0.458 e. The SMILES string of the molecule is c1ccc(-n2c3ccccc3c3c2c2c4n(c5ccccc5n34)-c3cccc4c3B2c2ccccc2O4)cc1. The Balaban J connectivity index is 1.54. The molecule has 0 amide bonds. The Kier molecular flexibility index (Phi) is 3.48. The first-order chi connectivity index (χ1) is 19.4. The number of benzene rings is 5. The Bertz CT molecular complexity index is 2320. The van der Waals surface area contributed by atoms with Crippen molar-refractivity contribution in [1.82, 2.24) is 13.5 Å². The second-order valence-corrected chi connectivity index (χ2v) is 10.5. The van der Waals surface area contributed by atoms with Crippen LogP contribution < -0.4 is 21.1 Å². The lowest BCUT2D eigenvalue weighted by Crippen LogP contribution is -2.58. The van der Waals surface area contributed by atoms with Gasteiger partial charge in [0.05, 0.1) is 27.6 Å². The van der Waals surface area contributed by atoms with Gasteiger partial charge in [-0.15, -0.1) is 0 Å². The van der Waals surface area contributed by atoms with Crippen LogP contribution in [-0.2, 0) is 0 Å². The van der Waals surface area contributed by atoms with Crippen LogP contribution in [0.1, 0.15) is 0 Å². The first-order valence-corrected chi connectivity index (χ1v) is 13.4. The third kappa shape index (κ3) is 2.25. The van der Waals surface area contributed by atoms with Gasteiger partial charge in [0.15, 0.2) is 0 Å². The van der Waals surface area contributed by atoms with Gasteiger partial charge in [-0.3, -0.25) is 8.97 Å². The van der Waals surface area contributed by atoms with Crippen molar-refractivity contribution < 1.29 is 4.74 Å². The molecule has 0 aliphatic carbocycles. The molecular weight excluding hydrogens is 477 g/mol. The maximum atomic E-state index is 6.56. The molecule has 4 nitrogen and oxygen atoms in total. The Labute approximate surface area is 224 Å². The summed E-state index contributed by atoms with van der Waals surface area (Å²) in [4.78, 5) is 0. The van der Waals surface area contributed by atoms with Crippen LogP contribution in [0.2, 0.25) is 0 Å². The number of ether oxygens (including phenoxy) is 1. The van der Waals surface area contributed by atoms with E-state index in [1.54, 1.807) is 0 Å². The lowest BCUT2D eigenvalue weighted by molar-refractivity contribution is 0.487. The molecule has 0 saturated carbocycles. The van der Waals surface area contributed by atoms with E-state index in [1.807, 2.05) is 0 Å². The van der Waals surface area contributed by atoms with Crippen LogP contribution in [0.5, 0.6) is 11.5 Å². The van der Waals surface area contributed by atoms with Crippen molar-refractivity contribution in [2.24, 2.45) is 0 Å². The second-order valence-electron chi connectivity index (χ2n) is 10.5. The molecule has 0 atom stereocenters. The summed E-state index contributed by atoms with van der Waals surface area (Å²) < 4.78 is 14.0. The topological polar surface area (TPSA) is 23.5 Å². The number of aromatic nitrogens is 3. The Morgan fingerprint density at radius 3 is 2.13 bits per heavy atom. The van der Waals surface area contributed by atoms with Gasteiger partial charge in [0.2, 0.25) is 0 Å². The normalized spacial score (nSPS) is 13.3. The molecule has 0 fully saturated rings. The first-order valence-electron chi connectivity index (χ1n) is 13.4. The van der Waals surface area contributed by atoms with Gasteiger partial charge in [0, 0.05) is 16.8 Å². The van der Waals surface area contributed by atoms with Crippen molar-refractivity contribution in [2.75, 3.05) is 0 Å². The highest BCUT2D eigenvalue weighted by Gasteiger charge is 2.43. The summed E-state index contributed by atoms with van der Waals surface area (Å²) in [5, 5.41) is 1.26. The molecule has 39 heavy (non-hydrogen) atoms. The summed E-state index contributed by atoms with van der Waals surface area (Å²) in [6.45, 7) is 0.0530. The van der Waals surface area contributed by atoms with E-state index in [0.29, 0.717) is 0 Å². The fraction of sp³-hybridized carbons (Fsp3) is 0. The van der Waals surface area contributed by atoms with Gasteiger partial charge in [-0.2, -0.15) is 0 Å². The van der Waals surface area contributed by atoms with E-state index in [4.69, 9.17) is 4.74 Å². The molecule has 0 spiro atoms. The quantitative estimate of drug-likeness (QED) is 0.259. The summed E-state index contributed by atoms with van der Waals surface area (Å²) >= 11 is 0. The van der Waals surface area contributed by atoms with Gasteiger partial charge in [-0.25, -0.2) is 0 Å². The maximum absolute atomic E-state index is 6.56. The van der Waals surface area contributed by atoms with E-state index >= 15 is 0 Å². The average molecular weight is 497 g/mol. The Morgan fingerprint density at radius 2 is 1.23 bits per heavy atom. The van der Waals surface area contributed by atoms with Gasteiger partial charge in [-0.1, -0.05) is 72.8 Å². The molecule has 0 saturated heterocycles. The van der Waals surface area contributed by atoms with Crippen molar-refractivity contribution in [3.05, 3.63) is 121 Å². The van der Waals surface area contributed by atoms with Crippen LogP contribution in [0.4, 0.5) is 0 Å². The number of para-hydroxylation sites is 5. The summed E-state index contributed by atoms with van der Waals surface area (Å²) in [6.07, 6.45) is 0. The highest BCUT2D eigenvalue weighted by molar-refractivity contribution is 7.00. The van der Waals surface area contributed by atoms with Crippen LogP contribution in [-0.4, -0.2) is 20.2 Å².